The second-order valence-electron chi connectivity index (χ2n) is 7.21. The van der Waals surface area contributed by atoms with Crippen LogP contribution in [0.3, 0.4) is 0 Å². The molecule has 1 aromatic heterocycles. The minimum Gasteiger partial charge on any atom is -0.507 e. The van der Waals surface area contributed by atoms with Crippen LogP contribution in [0, 0.1) is 0 Å². The van der Waals surface area contributed by atoms with Crippen LogP contribution in [0.4, 0.5) is 0 Å². The number of likely N-dealkylation sites (tertiary alicyclic amines) is 1. The number of hydrogen-bond donors (Lipinski definition) is 3. The van der Waals surface area contributed by atoms with Crippen molar-refractivity contribution in [2.45, 2.75) is 18.4 Å². The van der Waals surface area contributed by atoms with Crippen molar-refractivity contribution in [1.82, 2.24) is 4.90 Å². The molecule has 0 radical (unpaired) electrons. The van der Waals surface area contributed by atoms with Gasteiger partial charge in [-0.15, -0.1) is 0 Å². The minimum absolute atomic E-state index is 0.0188. The zero-order valence-electron chi connectivity index (χ0n) is 15.2. The van der Waals surface area contributed by atoms with E-state index in [4.69, 9.17) is 16.0 Å². The second kappa shape index (κ2) is 7.13. The van der Waals surface area contributed by atoms with Crippen LogP contribution in [0.1, 0.15) is 17.9 Å². The Morgan fingerprint density at radius 2 is 1.93 bits per heavy atom. The Hall–Kier alpha value is -2.54. The predicted molar refractivity (Wildman–Crippen MR) is 107 cm³/mol. The molecule has 2 heterocycles. The zero-order chi connectivity index (χ0) is 20.0. The number of halogens is 1. The zero-order valence-corrected chi connectivity index (χ0v) is 16.0. The minimum atomic E-state index is -0.744. The highest BCUT2D eigenvalue weighted by Gasteiger charge is 2.33. The summed E-state index contributed by atoms with van der Waals surface area (Å²) in [4.78, 5) is 14.8. The number of hydrogen-bond acceptors (Lipinski definition) is 6. The molecule has 0 saturated carbocycles. The maximum atomic E-state index is 12.8. The highest BCUT2D eigenvalue weighted by atomic mass is 35.5. The Bertz CT molecular complexity index is 1110. The van der Waals surface area contributed by atoms with Crippen LogP contribution in [-0.4, -0.2) is 46.5 Å². The van der Waals surface area contributed by atoms with Gasteiger partial charge in [0.25, 0.3) is 0 Å². The number of β-amino-alcohol motifs (C(OH)–C–C–N with tert-alkyl or cyclic N) is 1. The number of rotatable bonds is 2. The van der Waals surface area contributed by atoms with Gasteiger partial charge in [-0.25, -0.2) is 0 Å². The van der Waals surface area contributed by atoms with Gasteiger partial charge in [-0.05, 0) is 32.1 Å². The molecule has 0 amide bonds. The van der Waals surface area contributed by atoms with Gasteiger partial charge in [0.15, 0.2) is 5.43 Å². The lowest BCUT2D eigenvalue weighted by Crippen LogP contribution is -2.40. The number of benzene rings is 2. The van der Waals surface area contributed by atoms with Gasteiger partial charge in [0.05, 0.1) is 11.1 Å². The monoisotopic (exact) mass is 401 g/mol. The standard InChI is InChI=1S/C21H20ClNO5/c1-23-7-6-12(17(27)10-23)19-14(24)8-15(25)20-16(26)9-18(28-21(19)20)11-4-2-3-5-13(11)22/h2-5,8-9,12,17,24-25,27H,6-7,10H2,1H3/t12-,17-/m0/s1. The Kier molecular flexibility index (Phi) is 4.79. The molecule has 0 bridgehead atoms. The summed E-state index contributed by atoms with van der Waals surface area (Å²) in [5.74, 6) is -0.767. The quantitative estimate of drug-likeness (QED) is 0.610. The maximum absolute atomic E-state index is 12.8. The summed E-state index contributed by atoms with van der Waals surface area (Å²) >= 11 is 6.25. The number of phenolic OH excluding ortho intramolecular Hbond substituents is 2. The number of aromatic hydroxyl groups is 2. The summed E-state index contributed by atoms with van der Waals surface area (Å²) in [7, 11) is 1.91. The summed E-state index contributed by atoms with van der Waals surface area (Å²) in [6.07, 6.45) is -0.169. The van der Waals surface area contributed by atoms with Gasteiger partial charge in [0.1, 0.15) is 28.2 Å². The lowest BCUT2D eigenvalue weighted by molar-refractivity contribution is 0.0630. The lowest BCUT2D eigenvalue weighted by Gasteiger charge is -2.34. The highest BCUT2D eigenvalue weighted by Crippen LogP contribution is 2.42. The van der Waals surface area contributed by atoms with Gasteiger partial charge >= 0.3 is 0 Å². The first kappa shape index (κ1) is 18.8. The molecule has 3 aromatic rings. The number of phenols is 2. The van der Waals surface area contributed by atoms with Gasteiger partial charge in [-0.1, -0.05) is 23.7 Å². The lowest BCUT2D eigenvalue weighted by atomic mass is 9.85. The molecule has 1 fully saturated rings. The number of nitrogens with zero attached hydrogens (tertiary/aromatic N) is 1. The van der Waals surface area contributed by atoms with Crippen molar-refractivity contribution in [2.75, 3.05) is 20.1 Å². The van der Waals surface area contributed by atoms with E-state index < -0.39 is 17.5 Å². The molecule has 146 valence electrons. The molecule has 28 heavy (non-hydrogen) atoms. The van der Waals surface area contributed by atoms with E-state index in [1.54, 1.807) is 24.3 Å². The van der Waals surface area contributed by atoms with Crippen molar-refractivity contribution in [3.05, 3.63) is 57.2 Å². The predicted octanol–water partition coefficient (Wildman–Crippen LogP) is 3.30. The van der Waals surface area contributed by atoms with Gasteiger partial charge in [-0.3, -0.25) is 4.79 Å². The summed E-state index contributed by atoms with van der Waals surface area (Å²) in [5.41, 5.74) is 0.492. The van der Waals surface area contributed by atoms with Gasteiger partial charge < -0.3 is 24.6 Å². The number of piperidine rings is 1. The molecule has 0 spiro atoms. The number of aliphatic hydroxyl groups excluding tert-OH is 1. The molecular weight excluding hydrogens is 382 g/mol. The first-order valence-corrected chi connectivity index (χ1v) is 9.38. The molecule has 0 unspecified atom stereocenters. The Morgan fingerprint density at radius 3 is 2.64 bits per heavy atom. The Labute approximate surface area is 166 Å². The normalized spacial score (nSPS) is 20.5. The molecule has 6 nitrogen and oxygen atoms in total. The van der Waals surface area contributed by atoms with E-state index in [0.717, 1.165) is 12.6 Å². The molecule has 2 atom stereocenters. The third kappa shape index (κ3) is 3.13. The molecule has 3 N–H and O–H groups in total. The summed E-state index contributed by atoms with van der Waals surface area (Å²) < 4.78 is 6.00. The fourth-order valence-electron chi connectivity index (χ4n) is 3.90. The van der Waals surface area contributed by atoms with E-state index in [0.29, 0.717) is 29.1 Å². The Morgan fingerprint density at radius 1 is 1.18 bits per heavy atom. The third-order valence-electron chi connectivity index (χ3n) is 5.29. The smallest absolute Gasteiger partial charge is 0.197 e. The third-order valence-corrected chi connectivity index (χ3v) is 5.62. The van der Waals surface area contributed by atoms with Crippen molar-refractivity contribution in [1.29, 1.82) is 0 Å². The summed E-state index contributed by atoms with van der Waals surface area (Å²) in [5, 5.41) is 31.8. The molecule has 4 rings (SSSR count). The van der Waals surface area contributed by atoms with Crippen LogP contribution in [0.15, 0.2) is 45.6 Å². The van der Waals surface area contributed by atoms with Gasteiger partial charge in [0.2, 0.25) is 0 Å². The van der Waals surface area contributed by atoms with E-state index in [1.165, 1.54) is 6.07 Å². The SMILES string of the molecule is CN1CC[C@H](c2c(O)cc(O)c3c(=O)cc(-c4ccccc4Cl)oc23)[C@@H](O)C1. The van der Waals surface area contributed by atoms with E-state index in [-0.39, 0.29) is 28.2 Å². The Balaban J connectivity index is 2.00. The number of aliphatic hydroxyl groups is 1. The van der Waals surface area contributed by atoms with Crippen LogP contribution in [0.5, 0.6) is 11.5 Å². The van der Waals surface area contributed by atoms with Crippen molar-refractivity contribution < 1.29 is 19.7 Å². The number of fused-ring (bicyclic) bond motifs is 1. The largest absolute Gasteiger partial charge is 0.507 e. The molecule has 1 saturated heterocycles. The van der Waals surface area contributed by atoms with Gasteiger partial charge in [0, 0.05) is 35.7 Å². The molecule has 1 aliphatic rings. The fourth-order valence-corrected chi connectivity index (χ4v) is 4.13. The maximum Gasteiger partial charge on any atom is 0.197 e. The van der Waals surface area contributed by atoms with Crippen LogP contribution in [-0.2, 0) is 0 Å². The number of likely N-dealkylation sites (N-methyl/N-ethyl adjacent to an activating group) is 1. The van der Waals surface area contributed by atoms with Crippen molar-refractivity contribution in [3.63, 3.8) is 0 Å². The van der Waals surface area contributed by atoms with Crippen LogP contribution >= 0.6 is 11.6 Å². The van der Waals surface area contributed by atoms with Gasteiger partial charge in [-0.2, -0.15) is 0 Å². The average molecular weight is 402 g/mol. The van der Waals surface area contributed by atoms with Crippen molar-refractivity contribution in [2.24, 2.45) is 0 Å². The van der Waals surface area contributed by atoms with Crippen molar-refractivity contribution >= 4 is 22.6 Å². The van der Waals surface area contributed by atoms with Crippen LogP contribution in [0.2, 0.25) is 5.02 Å². The van der Waals surface area contributed by atoms with E-state index in [2.05, 4.69) is 0 Å². The first-order chi connectivity index (χ1) is 13.4. The van der Waals surface area contributed by atoms with Crippen molar-refractivity contribution in [3.8, 4) is 22.8 Å². The molecule has 2 aromatic carbocycles. The average Bonchev–Trinajstić information content (AvgIpc) is 2.63. The highest BCUT2D eigenvalue weighted by molar-refractivity contribution is 6.33. The van der Waals surface area contributed by atoms with E-state index in [9.17, 15) is 20.1 Å². The molecule has 0 aliphatic carbocycles. The van der Waals surface area contributed by atoms with E-state index >= 15 is 0 Å². The first-order valence-electron chi connectivity index (χ1n) is 9.01. The second-order valence-corrected chi connectivity index (χ2v) is 7.62. The molecular formula is C21H20ClNO5. The molecule has 7 heteroatoms. The topological polar surface area (TPSA) is 94.1 Å². The summed E-state index contributed by atoms with van der Waals surface area (Å²) in [6, 6.07) is 9.35. The fraction of sp³-hybridized carbons (Fsp3) is 0.286. The molecule has 1 aliphatic heterocycles. The van der Waals surface area contributed by atoms with Crippen LogP contribution in [0.25, 0.3) is 22.3 Å². The van der Waals surface area contributed by atoms with Crippen LogP contribution < -0.4 is 5.43 Å². The van der Waals surface area contributed by atoms with E-state index in [1.807, 2.05) is 11.9 Å². The summed E-state index contributed by atoms with van der Waals surface area (Å²) in [6.45, 7) is 1.15.